The van der Waals surface area contributed by atoms with Crippen LogP contribution < -0.4 is 0 Å². The Balaban J connectivity index is 2.91. The van der Waals surface area contributed by atoms with Crippen molar-refractivity contribution in [3.63, 3.8) is 0 Å². The summed E-state index contributed by atoms with van der Waals surface area (Å²) in [7, 11) is 0. The number of alkyl halides is 3. The lowest BCUT2D eigenvalue weighted by Gasteiger charge is -2.31. The second-order valence-electron chi connectivity index (χ2n) is 3.19. The van der Waals surface area contributed by atoms with E-state index >= 15 is 0 Å². The summed E-state index contributed by atoms with van der Waals surface area (Å²) in [5.74, 6) is -2.19. The molecule has 9 heteroatoms. The highest BCUT2D eigenvalue weighted by Crippen LogP contribution is 2.20. The molecule has 1 heterocycles. The van der Waals surface area contributed by atoms with Gasteiger partial charge >= 0.3 is 12.2 Å². The van der Waals surface area contributed by atoms with Crippen molar-refractivity contribution in [3.05, 3.63) is 0 Å². The van der Waals surface area contributed by atoms with Gasteiger partial charge in [0, 0.05) is 0 Å². The van der Waals surface area contributed by atoms with E-state index in [1.807, 2.05) is 0 Å². The Morgan fingerprint density at radius 1 is 1.18 bits per heavy atom. The topological polar surface area (TPSA) is 81.5 Å². The molecule has 4 amide bonds. The maximum atomic E-state index is 12.1. The van der Waals surface area contributed by atoms with Gasteiger partial charge in [-0.1, -0.05) is 0 Å². The molecule has 92 valence electrons. The minimum Gasteiger partial charge on any atom is -0.274 e. The number of carbonyl (C=O) groups excluding carboxylic acids is 3. The third-order valence-electron chi connectivity index (χ3n) is 1.93. The first kappa shape index (κ1) is 13.0. The zero-order chi connectivity index (χ0) is 13.2. The lowest BCUT2D eigenvalue weighted by Crippen LogP contribution is -2.57. The fourth-order valence-electron chi connectivity index (χ4n) is 1.24. The van der Waals surface area contributed by atoms with Crippen molar-refractivity contribution in [2.24, 2.45) is 0 Å². The van der Waals surface area contributed by atoms with Gasteiger partial charge in [-0.05, 0) is 0 Å². The number of amides is 4. The summed E-state index contributed by atoms with van der Waals surface area (Å²) in [6, 6.07) is 0.0496. The average Bonchev–Trinajstić information content (AvgIpc) is 2.18. The fourth-order valence-corrected chi connectivity index (χ4v) is 1.24. The normalized spacial score (nSPS) is 17.4. The van der Waals surface area contributed by atoms with Gasteiger partial charge in [0.05, 0.1) is 6.07 Å². The molecule has 0 saturated carbocycles. The largest absolute Gasteiger partial charge is 0.406 e. The van der Waals surface area contributed by atoms with Crippen LogP contribution >= 0.6 is 0 Å². The molecule has 0 unspecified atom stereocenters. The van der Waals surface area contributed by atoms with Gasteiger partial charge in [0.1, 0.15) is 19.5 Å². The average molecular weight is 249 g/mol. The number of hydrogen-bond acceptors (Lipinski definition) is 4. The Hall–Kier alpha value is -2.11. The number of hydrogen-bond donors (Lipinski definition) is 0. The van der Waals surface area contributed by atoms with Gasteiger partial charge in [0.25, 0.3) is 0 Å². The van der Waals surface area contributed by atoms with Crippen molar-refractivity contribution < 1.29 is 27.6 Å². The highest BCUT2D eigenvalue weighted by atomic mass is 19.4. The van der Waals surface area contributed by atoms with Crippen LogP contribution in [-0.4, -0.2) is 46.9 Å². The molecular formula is C8H6F3N3O3. The minimum absolute atomic E-state index is 0.0846. The highest BCUT2D eigenvalue weighted by Gasteiger charge is 2.43. The molecule has 0 radical (unpaired) electrons. The number of barbiturate groups is 1. The molecule has 1 aliphatic rings. The molecule has 0 N–H and O–H groups in total. The van der Waals surface area contributed by atoms with E-state index in [0.29, 0.717) is 4.90 Å². The molecule has 0 bridgehead atoms. The number of imide groups is 2. The Morgan fingerprint density at radius 2 is 1.71 bits per heavy atom. The number of halogens is 3. The van der Waals surface area contributed by atoms with Crippen LogP contribution in [0.3, 0.4) is 0 Å². The van der Waals surface area contributed by atoms with Gasteiger partial charge in [0.15, 0.2) is 0 Å². The molecular weight excluding hydrogens is 243 g/mol. The van der Waals surface area contributed by atoms with Crippen molar-refractivity contribution in [3.8, 4) is 6.07 Å². The quantitative estimate of drug-likeness (QED) is 0.519. The SMILES string of the molecule is N#CCN1C(=O)CC(=O)N(CC(F)(F)F)C1=O. The van der Waals surface area contributed by atoms with Gasteiger partial charge in [-0.3, -0.25) is 14.5 Å². The first-order valence-electron chi connectivity index (χ1n) is 4.34. The molecule has 1 saturated heterocycles. The summed E-state index contributed by atoms with van der Waals surface area (Å²) in [5.41, 5.74) is 0. The molecule has 0 aromatic carbocycles. The fraction of sp³-hybridized carbons (Fsp3) is 0.500. The van der Waals surface area contributed by atoms with E-state index in [-0.39, 0.29) is 4.90 Å². The predicted molar refractivity (Wildman–Crippen MR) is 45.1 cm³/mol. The van der Waals surface area contributed by atoms with Gasteiger partial charge in [-0.2, -0.15) is 18.4 Å². The van der Waals surface area contributed by atoms with Crippen molar-refractivity contribution >= 4 is 17.8 Å². The maximum Gasteiger partial charge on any atom is 0.406 e. The summed E-state index contributed by atoms with van der Waals surface area (Å²) in [6.07, 6.45) is -5.59. The van der Waals surface area contributed by atoms with E-state index in [2.05, 4.69) is 0 Å². The highest BCUT2D eigenvalue weighted by molar-refractivity contribution is 6.14. The summed E-state index contributed by atoms with van der Waals surface area (Å²) in [4.78, 5) is 33.9. The smallest absolute Gasteiger partial charge is 0.274 e. The minimum atomic E-state index is -4.75. The van der Waals surface area contributed by atoms with Crippen LogP contribution in [0.1, 0.15) is 6.42 Å². The molecule has 1 fully saturated rings. The van der Waals surface area contributed by atoms with Crippen molar-refractivity contribution in [1.29, 1.82) is 5.26 Å². The van der Waals surface area contributed by atoms with E-state index in [4.69, 9.17) is 5.26 Å². The van der Waals surface area contributed by atoms with Crippen LogP contribution in [0.15, 0.2) is 0 Å². The number of nitrogens with zero attached hydrogens (tertiary/aromatic N) is 3. The third kappa shape index (κ3) is 2.93. The Kier molecular flexibility index (Phi) is 3.36. The van der Waals surface area contributed by atoms with Gasteiger partial charge in [-0.15, -0.1) is 0 Å². The van der Waals surface area contributed by atoms with Crippen LogP contribution in [0.5, 0.6) is 0 Å². The lowest BCUT2D eigenvalue weighted by molar-refractivity contribution is -0.161. The third-order valence-corrected chi connectivity index (χ3v) is 1.93. The standard InChI is InChI=1S/C8H6F3N3O3/c9-8(10,11)4-14-6(16)3-5(15)13(2-1-12)7(14)17/h2-4H2. The number of rotatable bonds is 2. The summed E-state index contributed by atoms with van der Waals surface area (Å²) in [5, 5.41) is 8.32. The number of nitriles is 1. The lowest BCUT2D eigenvalue weighted by atomic mass is 10.2. The van der Waals surface area contributed by atoms with E-state index in [1.54, 1.807) is 0 Å². The van der Waals surface area contributed by atoms with Crippen molar-refractivity contribution in [1.82, 2.24) is 9.80 Å². The summed E-state index contributed by atoms with van der Waals surface area (Å²) in [6.45, 7) is -2.45. The monoisotopic (exact) mass is 249 g/mol. The maximum absolute atomic E-state index is 12.1. The zero-order valence-corrected chi connectivity index (χ0v) is 8.32. The van der Waals surface area contributed by atoms with Gasteiger partial charge < -0.3 is 0 Å². The summed E-state index contributed by atoms with van der Waals surface area (Å²) >= 11 is 0. The van der Waals surface area contributed by atoms with Crippen LogP contribution in [0, 0.1) is 11.3 Å². The van der Waals surface area contributed by atoms with E-state index in [1.165, 1.54) is 6.07 Å². The molecule has 1 rings (SSSR count). The Morgan fingerprint density at radius 3 is 2.18 bits per heavy atom. The molecule has 17 heavy (non-hydrogen) atoms. The zero-order valence-electron chi connectivity index (χ0n) is 8.32. The van der Waals surface area contributed by atoms with Crippen molar-refractivity contribution in [2.75, 3.05) is 13.1 Å². The van der Waals surface area contributed by atoms with Crippen molar-refractivity contribution in [2.45, 2.75) is 12.6 Å². The van der Waals surface area contributed by atoms with Gasteiger partial charge in [-0.25, -0.2) is 9.69 Å². The first-order valence-corrected chi connectivity index (χ1v) is 4.34. The second-order valence-corrected chi connectivity index (χ2v) is 3.19. The molecule has 0 aliphatic carbocycles. The second kappa shape index (κ2) is 4.40. The summed E-state index contributed by atoms with van der Waals surface area (Å²) < 4.78 is 36.2. The predicted octanol–water partition coefficient (Wildman–Crippen LogP) is 0.253. The van der Waals surface area contributed by atoms with Crippen LogP contribution in [0.25, 0.3) is 0 Å². The molecule has 0 aromatic rings. The number of urea groups is 1. The van der Waals surface area contributed by atoms with Gasteiger partial charge in [0.2, 0.25) is 11.8 Å². The van der Waals surface area contributed by atoms with Crippen LogP contribution in [-0.2, 0) is 9.59 Å². The van der Waals surface area contributed by atoms with Crippen LogP contribution in [0.2, 0.25) is 0 Å². The van der Waals surface area contributed by atoms with E-state index in [9.17, 15) is 27.6 Å². The molecule has 0 aromatic heterocycles. The molecule has 1 aliphatic heterocycles. The Bertz CT molecular complexity index is 412. The molecule has 0 atom stereocenters. The first-order chi connectivity index (χ1) is 7.76. The molecule has 0 spiro atoms. The van der Waals surface area contributed by atoms with E-state index < -0.39 is 43.5 Å². The van der Waals surface area contributed by atoms with Crippen LogP contribution in [0.4, 0.5) is 18.0 Å². The molecule has 6 nitrogen and oxygen atoms in total. The van der Waals surface area contributed by atoms with E-state index in [0.717, 1.165) is 0 Å². The number of carbonyl (C=O) groups is 3. The Labute approximate surface area is 93.2 Å².